The van der Waals surface area contributed by atoms with Crippen LogP contribution >= 0.6 is 11.8 Å². The second kappa shape index (κ2) is 5.43. The molecule has 2 atom stereocenters. The number of rotatable bonds is 3. The van der Waals surface area contributed by atoms with Crippen LogP contribution in [-0.4, -0.2) is 57.7 Å². The molecule has 0 saturated carbocycles. The molecule has 1 rings (SSSR count). The summed E-state index contributed by atoms with van der Waals surface area (Å²) in [7, 11) is 1.71. The van der Waals surface area contributed by atoms with Crippen LogP contribution in [0, 0.1) is 0 Å². The lowest BCUT2D eigenvalue weighted by atomic mass is 10.3. The molecule has 0 spiro atoms. The zero-order chi connectivity index (χ0) is 12.3. The van der Waals surface area contributed by atoms with Gasteiger partial charge in [0.05, 0.1) is 5.37 Å². The van der Waals surface area contributed by atoms with Crippen LogP contribution in [0.4, 0.5) is 4.79 Å². The van der Waals surface area contributed by atoms with Gasteiger partial charge in [-0.2, -0.15) is 0 Å². The van der Waals surface area contributed by atoms with Gasteiger partial charge in [0.1, 0.15) is 6.04 Å². The predicted molar refractivity (Wildman–Crippen MR) is 63.5 cm³/mol. The molecule has 1 N–H and O–H groups in total. The molecule has 2 unspecified atom stereocenters. The van der Waals surface area contributed by atoms with E-state index < -0.39 is 12.0 Å². The third kappa shape index (κ3) is 2.61. The smallest absolute Gasteiger partial charge is 0.327 e. The van der Waals surface area contributed by atoms with Crippen LogP contribution in [0.3, 0.4) is 0 Å². The Kier molecular flexibility index (Phi) is 4.46. The first-order chi connectivity index (χ1) is 7.49. The number of hydrogen-bond acceptors (Lipinski definition) is 3. The van der Waals surface area contributed by atoms with Gasteiger partial charge >= 0.3 is 12.0 Å². The Morgan fingerprint density at radius 2 is 2.19 bits per heavy atom. The largest absolute Gasteiger partial charge is 0.480 e. The lowest BCUT2D eigenvalue weighted by Gasteiger charge is -2.29. The zero-order valence-electron chi connectivity index (χ0n) is 9.84. The van der Waals surface area contributed by atoms with E-state index in [1.54, 1.807) is 11.9 Å². The number of amides is 2. The quantitative estimate of drug-likeness (QED) is 0.815. The molecule has 1 saturated heterocycles. The van der Waals surface area contributed by atoms with E-state index in [-0.39, 0.29) is 11.4 Å². The molecule has 0 radical (unpaired) electrons. The fourth-order valence-electron chi connectivity index (χ4n) is 1.75. The highest BCUT2D eigenvalue weighted by molar-refractivity contribution is 8.00. The average Bonchev–Trinajstić information content (AvgIpc) is 2.59. The highest BCUT2D eigenvalue weighted by atomic mass is 32.2. The zero-order valence-corrected chi connectivity index (χ0v) is 10.7. The van der Waals surface area contributed by atoms with Crippen molar-refractivity contribution in [3.63, 3.8) is 0 Å². The second-order valence-electron chi connectivity index (χ2n) is 3.90. The molecule has 0 aromatic carbocycles. The van der Waals surface area contributed by atoms with E-state index in [0.717, 1.165) is 6.42 Å². The van der Waals surface area contributed by atoms with Gasteiger partial charge in [0.2, 0.25) is 0 Å². The Labute approximate surface area is 99.8 Å². The van der Waals surface area contributed by atoms with Crippen LogP contribution < -0.4 is 0 Å². The molecule has 6 heteroatoms. The number of carbonyl (C=O) groups is 2. The lowest BCUT2D eigenvalue weighted by molar-refractivity contribution is -0.141. The SMILES string of the molecule is CCCN(C)C(=O)N1C(C)SCC1C(=O)O. The van der Waals surface area contributed by atoms with Gasteiger partial charge in [-0.3, -0.25) is 4.90 Å². The highest BCUT2D eigenvalue weighted by Gasteiger charge is 2.40. The number of urea groups is 1. The molecule has 2 amide bonds. The Morgan fingerprint density at radius 1 is 1.56 bits per heavy atom. The molecular formula is C10H18N2O3S. The van der Waals surface area contributed by atoms with Crippen LogP contribution in [0.25, 0.3) is 0 Å². The van der Waals surface area contributed by atoms with Gasteiger partial charge in [0.15, 0.2) is 0 Å². The van der Waals surface area contributed by atoms with E-state index >= 15 is 0 Å². The topological polar surface area (TPSA) is 60.9 Å². The van der Waals surface area contributed by atoms with Gasteiger partial charge in [0, 0.05) is 19.3 Å². The molecule has 1 heterocycles. The van der Waals surface area contributed by atoms with Crippen molar-refractivity contribution in [3.05, 3.63) is 0 Å². The summed E-state index contributed by atoms with van der Waals surface area (Å²) in [5.74, 6) is -0.447. The van der Waals surface area contributed by atoms with Crippen LogP contribution in [0.5, 0.6) is 0 Å². The van der Waals surface area contributed by atoms with E-state index in [9.17, 15) is 9.59 Å². The minimum Gasteiger partial charge on any atom is -0.480 e. The maximum Gasteiger partial charge on any atom is 0.327 e. The van der Waals surface area contributed by atoms with Gasteiger partial charge in [-0.1, -0.05) is 6.92 Å². The van der Waals surface area contributed by atoms with Crippen molar-refractivity contribution < 1.29 is 14.7 Å². The summed E-state index contributed by atoms with van der Waals surface area (Å²) in [6.07, 6.45) is 0.870. The van der Waals surface area contributed by atoms with E-state index in [0.29, 0.717) is 12.3 Å². The number of nitrogens with zero attached hydrogens (tertiary/aromatic N) is 2. The first-order valence-corrected chi connectivity index (χ1v) is 6.41. The van der Waals surface area contributed by atoms with Crippen molar-refractivity contribution in [1.82, 2.24) is 9.80 Å². The molecule has 92 valence electrons. The fourth-order valence-corrected chi connectivity index (χ4v) is 2.91. The van der Waals surface area contributed by atoms with Crippen molar-refractivity contribution in [1.29, 1.82) is 0 Å². The van der Waals surface area contributed by atoms with E-state index in [1.165, 1.54) is 16.7 Å². The number of carboxylic acids is 1. The van der Waals surface area contributed by atoms with Crippen LogP contribution in [0.2, 0.25) is 0 Å². The highest BCUT2D eigenvalue weighted by Crippen LogP contribution is 2.29. The van der Waals surface area contributed by atoms with E-state index in [1.807, 2.05) is 13.8 Å². The molecular weight excluding hydrogens is 228 g/mol. The second-order valence-corrected chi connectivity index (χ2v) is 5.25. The first-order valence-electron chi connectivity index (χ1n) is 5.36. The van der Waals surface area contributed by atoms with Gasteiger partial charge in [-0.05, 0) is 13.3 Å². The summed E-state index contributed by atoms with van der Waals surface area (Å²) in [6.45, 7) is 4.50. The number of thioether (sulfide) groups is 1. The maximum atomic E-state index is 12.0. The normalized spacial score (nSPS) is 24.6. The summed E-state index contributed by atoms with van der Waals surface area (Å²) in [5.41, 5.74) is 0. The summed E-state index contributed by atoms with van der Waals surface area (Å²) in [5, 5.41) is 8.97. The Hall–Kier alpha value is -0.910. The van der Waals surface area contributed by atoms with Crippen molar-refractivity contribution in [2.75, 3.05) is 19.3 Å². The monoisotopic (exact) mass is 246 g/mol. The van der Waals surface area contributed by atoms with Gasteiger partial charge < -0.3 is 10.0 Å². The molecule has 16 heavy (non-hydrogen) atoms. The standard InChI is InChI=1S/C10H18N2O3S/c1-4-5-11(3)10(15)12-7(2)16-6-8(12)9(13)14/h7-8H,4-6H2,1-3H3,(H,13,14). The fraction of sp³-hybridized carbons (Fsp3) is 0.800. The molecule has 0 aromatic heterocycles. The molecule has 0 bridgehead atoms. The molecule has 0 aliphatic carbocycles. The lowest BCUT2D eigenvalue weighted by Crippen LogP contribution is -2.50. The Balaban J connectivity index is 2.75. The van der Waals surface area contributed by atoms with Crippen molar-refractivity contribution in [3.8, 4) is 0 Å². The minimum absolute atomic E-state index is 0.0621. The predicted octanol–water partition coefficient (Wildman–Crippen LogP) is 1.30. The summed E-state index contributed by atoms with van der Waals surface area (Å²) in [4.78, 5) is 26.1. The Bertz CT molecular complexity index is 285. The Morgan fingerprint density at radius 3 is 2.69 bits per heavy atom. The number of carbonyl (C=O) groups excluding carboxylic acids is 1. The maximum absolute atomic E-state index is 12.0. The third-order valence-electron chi connectivity index (χ3n) is 2.61. The van der Waals surface area contributed by atoms with Gasteiger partial charge in [-0.15, -0.1) is 11.8 Å². The molecule has 0 aromatic rings. The molecule has 1 aliphatic heterocycles. The van der Waals surface area contributed by atoms with E-state index in [4.69, 9.17) is 5.11 Å². The van der Waals surface area contributed by atoms with Gasteiger partial charge in [-0.25, -0.2) is 9.59 Å². The van der Waals surface area contributed by atoms with Crippen LogP contribution in [0.1, 0.15) is 20.3 Å². The molecule has 1 fully saturated rings. The number of carboxylic acid groups (broad SMARTS) is 1. The molecule has 5 nitrogen and oxygen atoms in total. The number of aliphatic carboxylic acids is 1. The number of hydrogen-bond donors (Lipinski definition) is 1. The molecule has 1 aliphatic rings. The van der Waals surface area contributed by atoms with Crippen LogP contribution in [0.15, 0.2) is 0 Å². The van der Waals surface area contributed by atoms with Crippen molar-refractivity contribution in [2.24, 2.45) is 0 Å². The van der Waals surface area contributed by atoms with Crippen LogP contribution in [-0.2, 0) is 4.79 Å². The van der Waals surface area contributed by atoms with Gasteiger partial charge in [0.25, 0.3) is 0 Å². The third-order valence-corrected chi connectivity index (χ3v) is 3.83. The summed E-state index contributed by atoms with van der Waals surface area (Å²) >= 11 is 1.50. The first kappa shape index (κ1) is 13.2. The summed E-state index contributed by atoms with van der Waals surface area (Å²) in [6, 6.07) is -0.876. The average molecular weight is 246 g/mol. The summed E-state index contributed by atoms with van der Waals surface area (Å²) < 4.78 is 0. The van der Waals surface area contributed by atoms with E-state index in [2.05, 4.69) is 0 Å². The minimum atomic E-state index is -0.921. The van der Waals surface area contributed by atoms with Crippen molar-refractivity contribution in [2.45, 2.75) is 31.7 Å². The van der Waals surface area contributed by atoms with Crippen molar-refractivity contribution >= 4 is 23.8 Å².